The topological polar surface area (TPSA) is 142 Å². The van der Waals surface area contributed by atoms with Crippen molar-refractivity contribution in [1.82, 2.24) is 19.7 Å². The van der Waals surface area contributed by atoms with Gasteiger partial charge in [0, 0.05) is 35.3 Å². The monoisotopic (exact) mass is 550 g/mol. The number of carbonyl (C=O) groups is 1. The van der Waals surface area contributed by atoms with E-state index in [1.807, 2.05) is 0 Å². The summed E-state index contributed by atoms with van der Waals surface area (Å²) in [6, 6.07) is 6.46. The quantitative estimate of drug-likeness (QED) is 0.360. The molecule has 0 aliphatic heterocycles. The van der Waals surface area contributed by atoms with Gasteiger partial charge in [-0.3, -0.25) is 4.79 Å². The molecule has 2 heterocycles. The number of rotatable bonds is 8. The molecule has 1 aliphatic carbocycles. The van der Waals surface area contributed by atoms with Gasteiger partial charge in [0.05, 0.1) is 17.1 Å². The van der Waals surface area contributed by atoms with Crippen LogP contribution in [0, 0.1) is 12.8 Å². The molecule has 9 nitrogen and oxygen atoms in total. The molecule has 5 N–H and O–H groups in total. The van der Waals surface area contributed by atoms with Crippen LogP contribution in [0.4, 0.5) is 19.1 Å². The number of aliphatic carboxylic acids is 1. The number of alkyl halides is 3. The minimum atomic E-state index is -4.82. The minimum absolute atomic E-state index is 0.00357. The third kappa shape index (κ3) is 6.43. The molecule has 13 heteroatoms. The molecule has 0 saturated heterocycles. The zero-order valence-corrected chi connectivity index (χ0v) is 21.1. The SMILES string of the molecule is Cc1ccn(-c2cc(Cl)ccc2[C@@H](Oc2cc(C3=C[C@@H](N)C(CCC(=O)O)CC3)nc(N)n2)C(F)(F)F)n1. The molecule has 0 spiro atoms. The van der Waals surface area contributed by atoms with Crippen molar-refractivity contribution >= 4 is 29.1 Å². The van der Waals surface area contributed by atoms with Crippen molar-refractivity contribution < 1.29 is 27.8 Å². The second kappa shape index (κ2) is 11.0. The fraction of sp³-hybridized carbons (Fsp3) is 0.360. The summed E-state index contributed by atoms with van der Waals surface area (Å²) < 4.78 is 49.8. The van der Waals surface area contributed by atoms with Crippen molar-refractivity contribution in [2.24, 2.45) is 11.7 Å². The molecule has 3 atom stereocenters. The van der Waals surface area contributed by atoms with Crippen LogP contribution in [0.2, 0.25) is 5.02 Å². The second-order valence-corrected chi connectivity index (χ2v) is 9.53. The van der Waals surface area contributed by atoms with Crippen molar-refractivity contribution in [3.8, 4) is 11.6 Å². The first kappa shape index (κ1) is 27.4. The van der Waals surface area contributed by atoms with E-state index in [4.69, 9.17) is 32.9 Å². The van der Waals surface area contributed by atoms with Gasteiger partial charge in [0.2, 0.25) is 17.9 Å². The Kier molecular flexibility index (Phi) is 7.93. The predicted octanol–water partition coefficient (Wildman–Crippen LogP) is 4.87. The number of nitrogens with two attached hydrogens (primary N) is 2. The minimum Gasteiger partial charge on any atom is -0.481 e. The Morgan fingerprint density at radius 1 is 1.29 bits per heavy atom. The van der Waals surface area contributed by atoms with Crippen molar-refractivity contribution in [2.75, 3.05) is 5.73 Å². The van der Waals surface area contributed by atoms with Gasteiger partial charge in [0.1, 0.15) is 0 Å². The standard InChI is InChI=1S/C25H26ClF3N6O3/c1-13-8-9-35(34-13)20-11-16(26)5-6-17(20)23(25(27,28)29)38-21-12-19(32-24(31)33-21)15-3-2-14(18(30)10-15)4-7-22(36)37/h5-6,8-12,14,18,23H,2-4,7,30H2,1H3,(H,36,37)(H2,31,32,33)/t14?,18-,23-/m1/s1. The lowest BCUT2D eigenvalue weighted by Gasteiger charge is -2.27. The first-order valence-electron chi connectivity index (χ1n) is 11.8. The molecule has 1 unspecified atom stereocenters. The predicted molar refractivity (Wildman–Crippen MR) is 135 cm³/mol. The average molecular weight is 551 g/mol. The summed E-state index contributed by atoms with van der Waals surface area (Å²) in [6.45, 7) is 1.71. The third-order valence-electron chi connectivity index (χ3n) is 6.28. The summed E-state index contributed by atoms with van der Waals surface area (Å²) in [4.78, 5) is 19.0. The molecule has 202 valence electrons. The van der Waals surface area contributed by atoms with E-state index in [1.165, 1.54) is 35.1 Å². The van der Waals surface area contributed by atoms with Crippen LogP contribution < -0.4 is 16.2 Å². The fourth-order valence-electron chi connectivity index (χ4n) is 4.43. The number of nitrogens with zero attached hydrogens (tertiary/aromatic N) is 4. The maximum absolute atomic E-state index is 14.3. The number of aromatic nitrogens is 4. The first-order valence-corrected chi connectivity index (χ1v) is 12.2. The summed E-state index contributed by atoms with van der Waals surface area (Å²) in [6.07, 6.45) is -2.45. The van der Waals surface area contributed by atoms with Gasteiger partial charge >= 0.3 is 12.1 Å². The number of carboxylic acid groups (broad SMARTS) is 1. The Hall–Kier alpha value is -3.64. The molecule has 1 aliphatic rings. The molecule has 0 radical (unpaired) electrons. The average Bonchev–Trinajstić information content (AvgIpc) is 3.27. The van der Waals surface area contributed by atoms with E-state index in [2.05, 4.69) is 15.1 Å². The van der Waals surface area contributed by atoms with Crippen LogP contribution in [0.3, 0.4) is 0 Å². The van der Waals surface area contributed by atoms with Crippen LogP contribution in [-0.2, 0) is 4.79 Å². The summed E-state index contributed by atoms with van der Waals surface area (Å²) in [5, 5.41) is 13.4. The zero-order valence-electron chi connectivity index (χ0n) is 20.3. The lowest BCUT2D eigenvalue weighted by Crippen LogP contribution is -2.31. The number of allylic oxidation sites excluding steroid dienone is 1. The van der Waals surface area contributed by atoms with E-state index in [1.54, 1.807) is 19.1 Å². The fourth-order valence-corrected chi connectivity index (χ4v) is 4.59. The van der Waals surface area contributed by atoms with E-state index in [-0.39, 0.29) is 40.4 Å². The molecule has 4 rings (SSSR count). The summed E-state index contributed by atoms with van der Waals surface area (Å²) in [5.41, 5.74) is 13.5. The van der Waals surface area contributed by atoms with Crippen LogP contribution in [0.1, 0.15) is 48.7 Å². The molecule has 2 aromatic heterocycles. The number of hydrogen-bond acceptors (Lipinski definition) is 7. The number of nitrogen functional groups attached to an aromatic ring is 1. The van der Waals surface area contributed by atoms with Gasteiger partial charge in [0.25, 0.3) is 0 Å². The Labute approximate surface area is 221 Å². The van der Waals surface area contributed by atoms with Gasteiger partial charge in [0.15, 0.2) is 0 Å². The van der Waals surface area contributed by atoms with Crippen LogP contribution in [0.5, 0.6) is 5.88 Å². The smallest absolute Gasteiger partial charge is 0.429 e. The van der Waals surface area contributed by atoms with Crippen molar-refractivity contribution in [1.29, 1.82) is 0 Å². The number of carboxylic acids is 1. The van der Waals surface area contributed by atoms with E-state index in [0.717, 1.165) is 0 Å². The Morgan fingerprint density at radius 2 is 2.05 bits per heavy atom. The third-order valence-corrected chi connectivity index (χ3v) is 6.52. The van der Waals surface area contributed by atoms with Gasteiger partial charge in [-0.2, -0.15) is 23.3 Å². The van der Waals surface area contributed by atoms with E-state index < -0.39 is 24.3 Å². The highest BCUT2D eigenvalue weighted by Crippen LogP contribution is 2.40. The highest BCUT2D eigenvalue weighted by Gasteiger charge is 2.45. The molecular weight excluding hydrogens is 525 g/mol. The lowest BCUT2D eigenvalue weighted by molar-refractivity contribution is -0.198. The number of ether oxygens (including phenoxy) is 1. The molecule has 38 heavy (non-hydrogen) atoms. The van der Waals surface area contributed by atoms with Crippen molar-refractivity contribution in [3.63, 3.8) is 0 Å². The maximum atomic E-state index is 14.3. The highest BCUT2D eigenvalue weighted by atomic mass is 35.5. The Bertz CT molecular complexity index is 1360. The van der Waals surface area contributed by atoms with Crippen molar-refractivity contribution in [3.05, 3.63) is 64.6 Å². The van der Waals surface area contributed by atoms with E-state index in [0.29, 0.717) is 36.2 Å². The molecular formula is C25H26ClF3N6O3. The van der Waals surface area contributed by atoms with Gasteiger partial charge < -0.3 is 21.3 Å². The van der Waals surface area contributed by atoms with Gasteiger partial charge in [-0.1, -0.05) is 23.7 Å². The maximum Gasteiger partial charge on any atom is 0.429 e. The number of hydrogen-bond donors (Lipinski definition) is 3. The van der Waals surface area contributed by atoms with Crippen LogP contribution >= 0.6 is 11.6 Å². The Balaban J connectivity index is 1.66. The summed E-state index contributed by atoms with van der Waals surface area (Å²) in [5.74, 6) is -1.56. The summed E-state index contributed by atoms with van der Waals surface area (Å²) >= 11 is 6.09. The van der Waals surface area contributed by atoms with Crippen LogP contribution in [-0.4, -0.2) is 43.0 Å². The normalized spacial score (nSPS) is 18.6. The van der Waals surface area contributed by atoms with Crippen LogP contribution in [0.15, 0.2) is 42.6 Å². The van der Waals surface area contributed by atoms with Gasteiger partial charge in [-0.15, -0.1) is 0 Å². The largest absolute Gasteiger partial charge is 0.481 e. The molecule has 0 fully saturated rings. The lowest BCUT2D eigenvalue weighted by atomic mass is 9.82. The molecule has 1 aromatic carbocycles. The number of benzene rings is 1. The van der Waals surface area contributed by atoms with E-state index in [9.17, 15) is 18.0 Å². The van der Waals surface area contributed by atoms with Gasteiger partial charge in [-0.25, -0.2) is 9.67 Å². The van der Waals surface area contributed by atoms with Crippen molar-refractivity contribution in [2.45, 2.75) is 50.9 Å². The molecule has 3 aromatic rings. The number of aryl methyl sites for hydroxylation is 1. The molecule has 0 bridgehead atoms. The van der Waals surface area contributed by atoms with Gasteiger partial charge in [-0.05, 0) is 55.9 Å². The van der Waals surface area contributed by atoms with Crippen LogP contribution in [0.25, 0.3) is 11.3 Å². The number of halogens is 4. The van der Waals surface area contributed by atoms with E-state index >= 15 is 0 Å². The highest BCUT2D eigenvalue weighted by molar-refractivity contribution is 6.30. The Morgan fingerprint density at radius 3 is 2.68 bits per heavy atom. The first-order chi connectivity index (χ1) is 17.9. The second-order valence-electron chi connectivity index (χ2n) is 9.09. The molecule has 0 amide bonds. The number of anilines is 1. The zero-order chi connectivity index (χ0) is 27.6. The summed E-state index contributed by atoms with van der Waals surface area (Å²) in [7, 11) is 0. The molecule has 0 saturated carbocycles.